The van der Waals surface area contributed by atoms with E-state index in [2.05, 4.69) is 0 Å². The van der Waals surface area contributed by atoms with E-state index < -0.39 is 13.8 Å². The molecule has 3 nitrogen and oxygen atoms in total. The molecule has 13 heavy (non-hydrogen) atoms. The van der Waals surface area contributed by atoms with Gasteiger partial charge in [0.1, 0.15) is 0 Å². The zero-order valence-corrected chi connectivity index (χ0v) is 12.7. The van der Waals surface area contributed by atoms with Crippen LogP contribution in [0, 0.1) is 0 Å². The van der Waals surface area contributed by atoms with Crippen molar-refractivity contribution in [1.29, 1.82) is 0 Å². The number of benzene rings is 1. The van der Waals surface area contributed by atoms with Crippen LogP contribution in [0.5, 0.6) is 0 Å². The fourth-order valence-corrected chi connectivity index (χ4v) is 1.47. The summed E-state index contributed by atoms with van der Waals surface area (Å²) in [5, 5.41) is 0. The molecule has 0 atom stereocenters. The zero-order valence-electron chi connectivity index (χ0n) is 7.77. The molecule has 0 saturated carbocycles. The van der Waals surface area contributed by atoms with Crippen molar-refractivity contribution in [3.8, 4) is 0 Å². The Balaban J connectivity index is 0. The van der Waals surface area contributed by atoms with Gasteiger partial charge in [-0.25, -0.2) is 0 Å². The Kier molecular flexibility index (Phi) is 9.86. The first-order valence-corrected chi connectivity index (χ1v) is 4.86. The van der Waals surface area contributed by atoms with Gasteiger partial charge in [-0.3, -0.25) is 0 Å². The van der Waals surface area contributed by atoms with E-state index >= 15 is 0 Å². The second-order valence-electron chi connectivity index (χ2n) is 2.25. The average Bonchev–Trinajstić information content (AvgIpc) is 1.85. The summed E-state index contributed by atoms with van der Waals surface area (Å²) in [5.74, 6) is 0. The first kappa shape index (κ1) is 16.8. The van der Waals surface area contributed by atoms with Crippen LogP contribution in [0.2, 0.25) is 0 Å². The summed E-state index contributed by atoms with van der Waals surface area (Å²) in [6.07, 6.45) is -0.395. The fraction of sp³-hybridized carbons (Fsp3) is 0.143. The minimum absolute atomic E-state index is 0. The summed E-state index contributed by atoms with van der Waals surface area (Å²) in [4.78, 5) is 20.5. The predicted molar refractivity (Wildman–Crippen MR) is 37.8 cm³/mol. The molecule has 0 aliphatic carbocycles. The Morgan fingerprint density at radius 1 is 1.08 bits per heavy atom. The monoisotopic (exact) mass is 216 g/mol. The second kappa shape index (κ2) is 7.63. The topological polar surface area (TPSA) is 63.2 Å². The van der Waals surface area contributed by atoms with Crippen molar-refractivity contribution in [2.75, 3.05) is 0 Å². The van der Waals surface area contributed by atoms with Crippen LogP contribution in [0.25, 0.3) is 0 Å². The SMILES string of the molecule is O=P([O-])([O-])Cc1ccccc1.[Na+].[Na+]. The minimum Gasteiger partial charge on any atom is -0.810 e. The smallest absolute Gasteiger partial charge is 0.810 e. The zero-order chi connectivity index (χ0) is 8.32. The molecule has 0 heterocycles. The van der Waals surface area contributed by atoms with Crippen LogP contribution in [0.3, 0.4) is 0 Å². The van der Waals surface area contributed by atoms with Crippen LogP contribution in [0.1, 0.15) is 5.56 Å². The van der Waals surface area contributed by atoms with E-state index in [-0.39, 0.29) is 59.1 Å². The molecule has 0 saturated heterocycles. The maximum atomic E-state index is 10.3. The summed E-state index contributed by atoms with van der Waals surface area (Å²) in [7, 11) is -4.39. The Morgan fingerprint density at radius 3 is 1.92 bits per heavy atom. The van der Waals surface area contributed by atoms with Gasteiger partial charge < -0.3 is 14.4 Å². The van der Waals surface area contributed by atoms with Gasteiger partial charge in [-0.05, 0) is 5.56 Å². The van der Waals surface area contributed by atoms with Crippen LogP contribution >= 0.6 is 7.60 Å². The molecular formula is C7H7Na2O3P. The molecule has 1 aromatic carbocycles. The molecule has 0 aliphatic heterocycles. The third-order valence-electron chi connectivity index (χ3n) is 1.22. The Morgan fingerprint density at radius 2 is 1.54 bits per heavy atom. The number of hydrogen-bond acceptors (Lipinski definition) is 3. The summed E-state index contributed by atoms with van der Waals surface area (Å²) >= 11 is 0. The molecule has 60 valence electrons. The van der Waals surface area contributed by atoms with Crippen molar-refractivity contribution in [1.82, 2.24) is 0 Å². The maximum Gasteiger partial charge on any atom is 1.00 e. The number of hydrogen-bond donors (Lipinski definition) is 0. The summed E-state index contributed by atoms with van der Waals surface area (Å²) in [6, 6.07) is 8.39. The van der Waals surface area contributed by atoms with Crippen LogP contribution in [0.4, 0.5) is 0 Å². The van der Waals surface area contributed by atoms with Gasteiger partial charge >= 0.3 is 59.1 Å². The molecule has 0 amide bonds. The van der Waals surface area contributed by atoms with E-state index in [1.807, 2.05) is 0 Å². The summed E-state index contributed by atoms with van der Waals surface area (Å²) in [5.41, 5.74) is 0.542. The van der Waals surface area contributed by atoms with Gasteiger partial charge in [0, 0.05) is 6.16 Å². The van der Waals surface area contributed by atoms with E-state index in [0.717, 1.165) is 0 Å². The van der Waals surface area contributed by atoms with Gasteiger partial charge in [-0.1, -0.05) is 37.9 Å². The van der Waals surface area contributed by atoms with Crippen molar-refractivity contribution in [3.63, 3.8) is 0 Å². The molecule has 0 aliphatic rings. The molecule has 0 fully saturated rings. The summed E-state index contributed by atoms with van der Waals surface area (Å²) in [6.45, 7) is 0. The molecule has 0 bridgehead atoms. The van der Waals surface area contributed by atoms with Crippen LogP contribution < -0.4 is 68.9 Å². The fourth-order valence-electron chi connectivity index (χ4n) is 0.807. The quantitative estimate of drug-likeness (QED) is 0.365. The van der Waals surface area contributed by atoms with Crippen molar-refractivity contribution in [2.24, 2.45) is 0 Å². The Hall–Kier alpha value is 1.37. The number of rotatable bonds is 2. The molecule has 0 N–H and O–H groups in total. The van der Waals surface area contributed by atoms with E-state index in [1.54, 1.807) is 30.3 Å². The Bertz CT molecular complexity index is 272. The van der Waals surface area contributed by atoms with Crippen molar-refractivity contribution in [2.45, 2.75) is 6.16 Å². The molecule has 0 radical (unpaired) electrons. The van der Waals surface area contributed by atoms with Gasteiger partial charge in [0.05, 0.1) is 0 Å². The van der Waals surface area contributed by atoms with Gasteiger partial charge in [-0.15, -0.1) is 0 Å². The molecular weight excluding hydrogens is 209 g/mol. The largest absolute Gasteiger partial charge is 1.00 e. The molecule has 6 heteroatoms. The normalized spacial score (nSPS) is 9.69. The maximum absolute atomic E-state index is 10.3. The molecule has 1 rings (SSSR count). The van der Waals surface area contributed by atoms with Crippen LogP contribution in [-0.2, 0) is 10.7 Å². The van der Waals surface area contributed by atoms with E-state index in [4.69, 9.17) is 0 Å². The first-order chi connectivity index (χ1) is 5.08. The van der Waals surface area contributed by atoms with E-state index in [0.29, 0.717) is 5.56 Å². The third-order valence-corrected chi connectivity index (χ3v) is 1.97. The van der Waals surface area contributed by atoms with Gasteiger partial charge in [-0.2, -0.15) is 0 Å². The molecule has 0 aromatic heterocycles. The second-order valence-corrected chi connectivity index (χ2v) is 3.79. The van der Waals surface area contributed by atoms with E-state index in [1.165, 1.54) is 0 Å². The molecule has 1 aromatic rings. The predicted octanol–water partition coefficient (Wildman–Crippen LogP) is -5.89. The summed E-state index contributed by atoms with van der Waals surface area (Å²) < 4.78 is 10.3. The van der Waals surface area contributed by atoms with Gasteiger partial charge in [0.25, 0.3) is 0 Å². The molecule has 0 unspecified atom stereocenters. The minimum atomic E-state index is -4.39. The van der Waals surface area contributed by atoms with Crippen LogP contribution in [-0.4, -0.2) is 0 Å². The van der Waals surface area contributed by atoms with Crippen molar-refractivity contribution < 1.29 is 73.5 Å². The first-order valence-electron chi connectivity index (χ1n) is 3.13. The average molecular weight is 216 g/mol. The van der Waals surface area contributed by atoms with Crippen molar-refractivity contribution in [3.05, 3.63) is 35.9 Å². The molecule has 0 spiro atoms. The Labute approximate surface area is 122 Å². The van der Waals surface area contributed by atoms with Crippen molar-refractivity contribution >= 4 is 7.60 Å². The standard InChI is InChI=1S/C7H9O3P.2Na/c8-11(9,10)6-7-4-2-1-3-5-7;;/h1-5H,6H2,(H2,8,9,10);;/q;2*+1/p-2. The van der Waals surface area contributed by atoms with Gasteiger partial charge in [0.15, 0.2) is 0 Å². The third kappa shape index (κ3) is 8.37. The van der Waals surface area contributed by atoms with Gasteiger partial charge in [0.2, 0.25) is 0 Å². The van der Waals surface area contributed by atoms with Crippen LogP contribution in [0.15, 0.2) is 30.3 Å². The van der Waals surface area contributed by atoms with E-state index in [9.17, 15) is 14.4 Å².